The lowest BCUT2D eigenvalue weighted by molar-refractivity contribution is 0.632. The van der Waals surface area contributed by atoms with Gasteiger partial charge < -0.3 is 4.42 Å². The molecule has 230 valence electrons. The van der Waals surface area contributed by atoms with Crippen molar-refractivity contribution in [2.45, 2.75) is 12.3 Å². The van der Waals surface area contributed by atoms with E-state index in [0.717, 1.165) is 28.7 Å². The molecule has 1 nitrogen and oxygen atoms in total. The van der Waals surface area contributed by atoms with E-state index in [0.29, 0.717) is 5.92 Å². The number of fused-ring (bicyclic) bond motifs is 1. The molecule has 0 saturated heterocycles. The molecule has 8 aromatic carbocycles. The Labute approximate surface area is 285 Å². The molecule has 10 rings (SSSR count). The van der Waals surface area contributed by atoms with Crippen LogP contribution in [-0.2, 0) is 0 Å². The van der Waals surface area contributed by atoms with Gasteiger partial charge in [0.15, 0.2) is 0 Å². The molecule has 1 aliphatic rings. The van der Waals surface area contributed by atoms with Crippen LogP contribution in [0.2, 0.25) is 0 Å². The summed E-state index contributed by atoms with van der Waals surface area (Å²) in [6.07, 6.45) is 8.08. The zero-order valence-corrected chi connectivity index (χ0v) is 26.9. The monoisotopic (exact) mass is 624 g/mol. The van der Waals surface area contributed by atoms with Gasteiger partial charge in [0.25, 0.3) is 0 Å². The summed E-state index contributed by atoms with van der Waals surface area (Å²) in [6.45, 7) is 0. The first kappa shape index (κ1) is 27.9. The molecule has 0 saturated carbocycles. The number of benzene rings is 8. The molecule has 0 bridgehead atoms. The summed E-state index contributed by atoms with van der Waals surface area (Å²) >= 11 is 0. The summed E-state index contributed by atoms with van der Waals surface area (Å²) in [5.74, 6) is 1.21. The largest absolute Gasteiger partial charge is 0.456 e. The summed E-state index contributed by atoms with van der Waals surface area (Å²) in [7, 11) is 0. The average Bonchev–Trinajstić information content (AvgIpc) is 3.62. The second-order valence-electron chi connectivity index (χ2n) is 13.2. The zero-order valence-electron chi connectivity index (χ0n) is 26.9. The Kier molecular flexibility index (Phi) is 6.38. The van der Waals surface area contributed by atoms with Gasteiger partial charge in [0, 0.05) is 16.9 Å². The van der Waals surface area contributed by atoms with Crippen molar-refractivity contribution >= 4 is 48.9 Å². The maximum Gasteiger partial charge on any atom is 0.136 e. The van der Waals surface area contributed by atoms with Crippen LogP contribution in [0.3, 0.4) is 0 Å². The molecule has 0 spiro atoms. The quantitative estimate of drug-likeness (QED) is 0.174. The van der Waals surface area contributed by atoms with E-state index in [1.807, 2.05) is 6.07 Å². The minimum atomic E-state index is 0.317. The Morgan fingerprint density at radius 1 is 0.469 bits per heavy atom. The van der Waals surface area contributed by atoms with E-state index in [2.05, 4.69) is 170 Å². The lowest BCUT2D eigenvalue weighted by Gasteiger charge is -2.22. The number of furan rings is 1. The molecule has 1 aliphatic carbocycles. The normalized spacial score (nSPS) is 14.7. The highest BCUT2D eigenvalue weighted by atomic mass is 16.3. The van der Waals surface area contributed by atoms with Crippen LogP contribution in [-0.4, -0.2) is 0 Å². The maximum absolute atomic E-state index is 6.56. The first-order valence-corrected chi connectivity index (χ1v) is 17.1. The van der Waals surface area contributed by atoms with Crippen LogP contribution < -0.4 is 0 Å². The molecular weight excluding hydrogens is 593 g/mol. The molecule has 1 unspecified atom stereocenters. The third-order valence-electron chi connectivity index (χ3n) is 10.4. The molecule has 0 N–H and O–H groups in total. The van der Waals surface area contributed by atoms with Crippen LogP contribution in [0.15, 0.2) is 180 Å². The van der Waals surface area contributed by atoms with Gasteiger partial charge in [0.05, 0.1) is 0 Å². The van der Waals surface area contributed by atoms with Crippen LogP contribution in [0.4, 0.5) is 0 Å². The molecule has 1 heteroatoms. The number of para-hydroxylation sites is 1. The SMILES string of the molecule is C1=CC(c2ccc3ccc4c(-c5ccc(-c6ccccc6)cc5)cc(-c5cc6ccccc6o5)c5ccc2c3c45)CC=C1c1ccccc1. The second-order valence-corrected chi connectivity index (χ2v) is 13.2. The van der Waals surface area contributed by atoms with Gasteiger partial charge in [-0.15, -0.1) is 0 Å². The first-order valence-electron chi connectivity index (χ1n) is 17.1. The average molecular weight is 625 g/mol. The minimum Gasteiger partial charge on any atom is -0.456 e. The van der Waals surface area contributed by atoms with E-state index < -0.39 is 0 Å². The van der Waals surface area contributed by atoms with Gasteiger partial charge in [-0.05, 0) is 95.9 Å². The molecule has 0 aliphatic heterocycles. The van der Waals surface area contributed by atoms with E-state index in [-0.39, 0.29) is 0 Å². The van der Waals surface area contributed by atoms with Gasteiger partial charge >= 0.3 is 0 Å². The third kappa shape index (κ3) is 4.62. The van der Waals surface area contributed by atoms with Crippen LogP contribution in [0, 0.1) is 0 Å². The zero-order chi connectivity index (χ0) is 32.3. The fourth-order valence-electron chi connectivity index (χ4n) is 7.97. The Morgan fingerprint density at radius 3 is 1.90 bits per heavy atom. The van der Waals surface area contributed by atoms with Crippen molar-refractivity contribution in [1.82, 2.24) is 0 Å². The standard InChI is InChI=1S/C48H32O/c1-3-9-31(10-4-1)33-15-19-35(20-16-33)39-25-23-37-24-26-41-43(36-21-17-34(18-22-36)32-11-5-2-6-12-32)30-44(42-28-27-40(39)47(37)48(41)42)46-29-38-13-7-8-14-45(38)49-46/h1-19,21-30,35H,20H2. The van der Waals surface area contributed by atoms with Crippen molar-refractivity contribution < 1.29 is 4.42 Å². The van der Waals surface area contributed by atoms with Crippen molar-refractivity contribution in [3.8, 4) is 33.6 Å². The Hall–Kier alpha value is -6.18. The molecule has 1 heterocycles. The highest BCUT2D eigenvalue weighted by Crippen LogP contribution is 2.47. The number of allylic oxidation sites excluding steroid dienone is 4. The van der Waals surface area contributed by atoms with Crippen LogP contribution in [0.1, 0.15) is 23.5 Å². The molecule has 1 aromatic heterocycles. The summed E-state index contributed by atoms with van der Waals surface area (Å²) < 4.78 is 6.56. The lowest BCUT2D eigenvalue weighted by Crippen LogP contribution is -2.00. The minimum absolute atomic E-state index is 0.317. The van der Waals surface area contributed by atoms with E-state index >= 15 is 0 Å². The van der Waals surface area contributed by atoms with Gasteiger partial charge in [0.1, 0.15) is 11.3 Å². The topological polar surface area (TPSA) is 13.1 Å². The molecule has 49 heavy (non-hydrogen) atoms. The predicted octanol–water partition coefficient (Wildman–Crippen LogP) is 13.5. The van der Waals surface area contributed by atoms with E-state index in [4.69, 9.17) is 4.42 Å². The van der Waals surface area contributed by atoms with Gasteiger partial charge in [-0.25, -0.2) is 0 Å². The second kappa shape index (κ2) is 11.2. The smallest absolute Gasteiger partial charge is 0.136 e. The van der Waals surface area contributed by atoms with Crippen molar-refractivity contribution in [3.63, 3.8) is 0 Å². The third-order valence-corrected chi connectivity index (χ3v) is 10.4. The van der Waals surface area contributed by atoms with Gasteiger partial charge in [-0.1, -0.05) is 158 Å². The van der Waals surface area contributed by atoms with Gasteiger partial charge in [-0.2, -0.15) is 0 Å². The molecule has 0 amide bonds. The van der Waals surface area contributed by atoms with E-state index in [1.54, 1.807) is 0 Å². The van der Waals surface area contributed by atoms with Gasteiger partial charge in [-0.3, -0.25) is 0 Å². The fraction of sp³-hybridized carbons (Fsp3) is 0.0417. The van der Waals surface area contributed by atoms with Crippen LogP contribution in [0.25, 0.3) is 82.4 Å². The van der Waals surface area contributed by atoms with Crippen molar-refractivity contribution in [3.05, 3.63) is 187 Å². The van der Waals surface area contributed by atoms with Crippen molar-refractivity contribution in [2.24, 2.45) is 0 Å². The number of hydrogen-bond acceptors (Lipinski definition) is 1. The van der Waals surface area contributed by atoms with Crippen molar-refractivity contribution in [2.75, 3.05) is 0 Å². The van der Waals surface area contributed by atoms with E-state index in [1.165, 1.54) is 71.3 Å². The Morgan fingerprint density at radius 2 is 1.12 bits per heavy atom. The van der Waals surface area contributed by atoms with Gasteiger partial charge in [0.2, 0.25) is 0 Å². The fourth-order valence-corrected chi connectivity index (χ4v) is 7.97. The summed E-state index contributed by atoms with van der Waals surface area (Å²) in [6, 6.07) is 57.1. The van der Waals surface area contributed by atoms with Crippen molar-refractivity contribution in [1.29, 1.82) is 0 Å². The maximum atomic E-state index is 6.56. The van der Waals surface area contributed by atoms with Crippen LogP contribution >= 0.6 is 0 Å². The molecule has 0 radical (unpaired) electrons. The Balaban J connectivity index is 1.18. The Bertz CT molecular complexity index is 2680. The highest BCUT2D eigenvalue weighted by molar-refractivity contribution is 6.28. The highest BCUT2D eigenvalue weighted by Gasteiger charge is 2.22. The molecular formula is C48H32O. The predicted molar refractivity (Wildman–Crippen MR) is 207 cm³/mol. The van der Waals surface area contributed by atoms with Crippen LogP contribution in [0.5, 0.6) is 0 Å². The lowest BCUT2D eigenvalue weighted by atomic mass is 9.82. The number of hydrogen-bond donors (Lipinski definition) is 0. The molecule has 0 fully saturated rings. The van der Waals surface area contributed by atoms with E-state index in [9.17, 15) is 0 Å². The molecule has 1 atom stereocenters. The summed E-state index contributed by atoms with van der Waals surface area (Å²) in [4.78, 5) is 0. The summed E-state index contributed by atoms with van der Waals surface area (Å²) in [5, 5.41) is 8.84. The molecule has 9 aromatic rings. The number of rotatable bonds is 5. The first-order chi connectivity index (χ1) is 24.3. The summed E-state index contributed by atoms with van der Waals surface area (Å²) in [5.41, 5.74) is 10.8.